The second-order valence-electron chi connectivity index (χ2n) is 15.5. The first-order valence-electron chi connectivity index (χ1n) is 21.4. The molecule has 0 bridgehead atoms. The summed E-state index contributed by atoms with van der Waals surface area (Å²) in [5.74, 6) is -5.10. The zero-order chi connectivity index (χ0) is 47.3. The van der Waals surface area contributed by atoms with Crippen LogP contribution in [0.15, 0.2) is 158 Å². The zero-order valence-electron chi connectivity index (χ0n) is 36.5. The minimum atomic E-state index is -1.83. The lowest BCUT2D eigenvalue weighted by molar-refractivity contribution is -0.284. The molecule has 67 heavy (non-hydrogen) atoms. The summed E-state index contributed by atoms with van der Waals surface area (Å²) >= 11 is 0. The number of halogens is 2. The van der Waals surface area contributed by atoms with Gasteiger partial charge in [-0.25, -0.2) is 23.6 Å². The van der Waals surface area contributed by atoms with E-state index in [4.69, 9.17) is 33.2 Å². The Balaban J connectivity index is 1.38. The Bertz CT molecular complexity index is 2630. The summed E-state index contributed by atoms with van der Waals surface area (Å²) in [7, 11) is 0. The molecule has 0 unspecified atom stereocenters. The molecule has 0 amide bonds. The Kier molecular flexibility index (Phi) is 15.8. The maximum Gasteiger partial charge on any atom is 0.338 e. The summed E-state index contributed by atoms with van der Waals surface area (Å²) in [5, 5.41) is 0. The Morgan fingerprint density at radius 3 is 1.54 bits per heavy atom. The molecule has 14 heteroatoms. The fraction of sp³-hybridized carbons (Fsp3) is 0.226. The van der Waals surface area contributed by atoms with Gasteiger partial charge in [-0.3, -0.25) is 9.18 Å². The monoisotopic (exact) mass is 912 g/mol. The van der Waals surface area contributed by atoms with E-state index in [0.29, 0.717) is 5.56 Å². The maximum atomic E-state index is 16.5. The van der Waals surface area contributed by atoms with E-state index in [1.807, 2.05) is 0 Å². The van der Waals surface area contributed by atoms with Gasteiger partial charge >= 0.3 is 29.8 Å². The molecule has 1 fully saturated rings. The van der Waals surface area contributed by atoms with Crippen LogP contribution in [0.25, 0.3) is 0 Å². The number of esters is 5. The fourth-order valence-electron chi connectivity index (χ4n) is 7.35. The van der Waals surface area contributed by atoms with Crippen LogP contribution < -0.4 is 4.74 Å². The summed E-state index contributed by atoms with van der Waals surface area (Å²) in [6, 6.07) is 41.2. The van der Waals surface area contributed by atoms with Gasteiger partial charge < -0.3 is 33.2 Å². The minimum absolute atomic E-state index is 0.0166. The number of benzene rings is 6. The van der Waals surface area contributed by atoms with Crippen LogP contribution in [0, 0.1) is 5.82 Å². The van der Waals surface area contributed by atoms with Gasteiger partial charge in [0.2, 0.25) is 12.4 Å². The summed E-state index contributed by atoms with van der Waals surface area (Å²) in [6.07, 6.45) is -9.81. The molecule has 6 atom stereocenters. The predicted molar refractivity (Wildman–Crippen MR) is 238 cm³/mol. The number of rotatable bonds is 17. The molecule has 0 N–H and O–H groups in total. The summed E-state index contributed by atoms with van der Waals surface area (Å²) in [5.41, 5.74) is 1.92. The van der Waals surface area contributed by atoms with Crippen molar-refractivity contribution in [1.82, 2.24) is 0 Å². The van der Waals surface area contributed by atoms with Crippen LogP contribution in [0.2, 0.25) is 0 Å². The largest absolute Gasteiger partial charge is 0.461 e. The fourth-order valence-corrected chi connectivity index (χ4v) is 7.35. The van der Waals surface area contributed by atoms with Crippen LogP contribution in [-0.4, -0.2) is 73.3 Å². The van der Waals surface area contributed by atoms with Crippen molar-refractivity contribution >= 4 is 29.8 Å². The quantitative estimate of drug-likeness (QED) is 0.0635. The summed E-state index contributed by atoms with van der Waals surface area (Å²) < 4.78 is 72.7. The van der Waals surface area contributed by atoms with E-state index in [-0.39, 0.29) is 58.6 Å². The standard InChI is InChI=1S/C53H46F2O12/c1-33(62-49(57)38-15-7-3-8-16-38)45-46(64-50(58)39-17-9-4-10-18-39)47(65-51(59)40-19-11-5-12-20-40)48(66-52(60)41-21-13-6-14-22-41)53(67-45)63-44-31-37(32-61-34(2)56)30-43(55)42(44)29-36-25-23-35(24-26-36)27-28-54/h3-26,30-31,33,45-48,53H,27-29,32H2,1-2H3/t33-,45-,46-,47+,48-,53-/m1/s1. The Hall–Kier alpha value is -7.71. The van der Waals surface area contributed by atoms with Crippen molar-refractivity contribution in [2.75, 3.05) is 6.67 Å². The number of ether oxygens (including phenoxy) is 7. The molecule has 344 valence electrons. The average molecular weight is 913 g/mol. The highest BCUT2D eigenvalue weighted by molar-refractivity contribution is 5.91. The highest BCUT2D eigenvalue weighted by Crippen LogP contribution is 2.37. The Morgan fingerprint density at radius 1 is 0.582 bits per heavy atom. The van der Waals surface area contributed by atoms with Gasteiger partial charge in [0.25, 0.3) is 0 Å². The highest BCUT2D eigenvalue weighted by Gasteiger charge is 2.56. The van der Waals surface area contributed by atoms with Crippen molar-refractivity contribution in [1.29, 1.82) is 0 Å². The third-order valence-electron chi connectivity index (χ3n) is 10.7. The molecular formula is C53H46F2O12. The van der Waals surface area contributed by atoms with Gasteiger partial charge in [0, 0.05) is 25.3 Å². The minimum Gasteiger partial charge on any atom is -0.461 e. The van der Waals surface area contributed by atoms with Crippen LogP contribution in [0.3, 0.4) is 0 Å². The third kappa shape index (κ3) is 12.4. The lowest BCUT2D eigenvalue weighted by Gasteiger charge is -2.45. The Morgan fingerprint density at radius 2 is 1.04 bits per heavy atom. The van der Waals surface area contributed by atoms with Gasteiger partial charge in [0.05, 0.1) is 28.9 Å². The number of carbonyl (C=O) groups is 5. The van der Waals surface area contributed by atoms with Gasteiger partial charge in [-0.2, -0.15) is 0 Å². The van der Waals surface area contributed by atoms with Crippen LogP contribution in [0.4, 0.5) is 8.78 Å². The average Bonchev–Trinajstić information content (AvgIpc) is 3.35. The number of carbonyl (C=O) groups excluding carboxylic acids is 5. The second kappa shape index (κ2) is 22.5. The van der Waals surface area contributed by atoms with Crippen LogP contribution >= 0.6 is 0 Å². The molecule has 0 aliphatic carbocycles. The molecule has 0 spiro atoms. The number of hydrogen-bond acceptors (Lipinski definition) is 12. The van der Waals surface area contributed by atoms with Gasteiger partial charge in [-0.1, -0.05) is 97.1 Å². The molecule has 1 aliphatic rings. The van der Waals surface area contributed by atoms with E-state index in [1.54, 1.807) is 97.1 Å². The third-order valence-corrected chi connectivity index (χ3v) is 10.7. The highest BCUT2D eigenvalue weighted by atomic mass is 19.1. The van der Waals surface area contributed by atoms with E-state index in [9.17, 15) is 28.4 Å². The Labute approximate surface area is 385 Å². The molecule has 1 heterocycles. The summed E-state index contributed by atoms with van der Waals surface area (Å²) in [6.45, 7) is 1.74. The van der Waals surface area contributed by atoms with Crippen molar-refractivity contribution in [3.8, 4) is 5.75 Å². The lowest BCUT2D eigenvalue weighted by atomic mass is 9.94. The molecule has 0 radical (unpaired) electrons. The molecule has 1 saturated heterocycles. The number of alkyl halides is 1. The summed E-state index contributed by atoms with van der Waals surface area (Å²) in [4.78, 5) is 67.9. The van der Waals surface area contributed by atoms with Crippen molar-refractivity contribution in [3.05, 3.63) is 208 Å². The molecule has 12 nitrogen and oxygen atoms in total. The van der Waals surface area contributed by atoms with Crippen molar-refractivity contribution in [2.45, 2.75) is 70.1 Å². The van der Waals surface area contributed by atoms with Crippen LogP contribution in [-0.2, 0) is 52.7 Å². The van der Waals surface area contributed by atoms with Crippen molar-refractivity contribution < 1.29 is 65.9 Å². The molecule has 0 aromatic heterocycles. The van der Waals surface area contributed by atoms with E-state index in [0.717, 1.165) is 5.56 Å². The van der Waals surface area contributed by atoms with E-state index in [1.165, 1.54) is 74.5 Å². The van der Waals surface area contributed by atoms with Crippen molar-refractivity contribution in [3.63, 3.8) is 0 Å². The first-order chi connectivity index (χ1) is 32.5. The molecule has 7 rings (SSSR count). The normalized spacial score (nSPS) is 18.1. The van der Waals surface area contributed by atoms with Crippen LogP contribution in [0.5, 0.6) is 5.75 Å². The number of hydrogen-bond donors (Lipinski definition) is 0. The molecule has 6 aromatic carbocycles. The smallest absolute Gasteiger partial charge is 0.338 e. The second-order valence-corrected chi connectivity index (χ2v) is 15.5. The predicted octanol–water partition coefficient (Wildman–Crippen LogP) is 9.02. The van der Waals surface area contributed by atoms with E-state index < -0.39 is 79.1 Å². The van der Waals surface area contributed by atoms with Crippen LogP contribution in [0.1, 0.15) is 77.5 Å². The first kappa shape index (κ1) is 47.3. The SMILES string of the molecule is CC(=O)OCc1cc(F)c(Cc2ccc(CCF)cc2)c(O[C@@H]2O[C@H]([C@@H](C)OC(=O)c3ccccc3)[C@@H](OC(=O)c3ccccc3)[C@H](OC(=O)c3ccccc3)[C@H]2OC(=O)c2ccccc2)c1. The van der Waals surface area contributed by atoms with Gasteiger partial charge in [-0.05, 0) is 84.3 Å². The number of aryl methyl sites for hydroxylation is 1. The van der Waals surface area contributed by atoms with Gasteiger partial charge in [-0.15, -0.1) is 0 Å². The first-order valence-corrected chi connectivity index (χ1v) is 21.4. The van der Waals surface area contributed by atoms with E-state index >= 15 is 4.39 Å². The van der Waals surface area contributed by atoms with Gasteiger partial charge in [0.15, 0.2) is 12.2 Å². The van der Waals surface area contributed by atoms with Crippen molar-refractivity contribution in [2.24, 2.45) is 0 Å². The molecular weight excluding hydrogens is 867 g/mol. The molecule has 1 aliphatic heterocycles. The topological polar surface area (TPSA) is 150 Å². The molecule has 0 saturated carbocycles. The van der Waals surface area contributed by atoms with Gasteiger partial charge in [0.1, 0.15) is 30.4 Å². The van der Waals surface area contributed by atoms with E-state index in [2.05, 4.69) is 0 Å². The lowest BCUT2D eigenvalue weighted by Crippen LogP contribution is -2.65. The zero-order valence-corrected chi connectivity index (χ0v) is 36.5. The molecule has 6 aromatic rings. The maximum absolute atomic E-state index is 16.5.